The Kier molecular flexibility index (Phi) is 11.1. The summed E-state index contributed by atoms with van der Waals surface area (Å²) in [7, 11) is 0. The lowest BCUT2D eigenvalue weighted by molar-refractivity contribution is 0.0868. The number of hydrogen-bond acceptors (Lipinski definition) is 6. The molecule has 1 heterocycles. The molecule has 0 spiro atoms. The van der Waals surface area contributed by atoms with E-state index < -0.39 is 24.4 Å². The Balaban J connectivity index is 1.79. The molecule has 5 nitrogen and oxygen atoms in total. The summed E-state index contributed by atoms with van der Waals surface area (Å²) >= 11 is 5.11. The molecule has 5 N–H and O–H groups in total. The molecule has 1 saturated carbocycles. The van der Waals surface area contributed by atoms with Crippen molar-refractivity contribution in [2.24, 2.45) is 11.8 Å². The average molecular weight is 489 g/mol. The Morgan fingerprint density at radius 1 is 1.14 bits per heavy atom. The minimum Gasteiger partial charge on any atom is -0.394 e. The molecule has 7 heteroatoms. The van der Waals surface area contributed by atoms with Gasteiger partial charge in [-0.05, 0) is 72.5 Å². The van der Waals surface area contributed by atoms with Gasteiger partial charge >= 0.3 is 0 Å². The van der Waals surface area contributed by atoms with Crippen LogP contribution in [0.25, 0.3) is 0 Å². The van der Waals surface area contributed by atoms with Gasteiger partial charge in [0.15, 0.2) is 0 Å². The highest BCUT2D eigenvalue weighted by molar-refractivity contribution is 9.11. The Morgan fingerprint density at radius 2 is 1.93 bits per heavy atom. The van der Waals surface area contributed by atoms with Gasteiger partial charge in [-0.2, -0.15) is 0 Å². The van der Waals surface area contributed by atoms with Crippen LogP contribution in [0.5, 0.6) is 0 Å². The monoisotopic (exact) mass is 488 g/mol. The van der Waals surface area contributed by atoms with E-state index >= 15 is 0 Å². The molecule has 6 atom stereocenters. The van der Waals surface area contributed by atoms with Gasteiger partial charge in [-0.15, -0.1) is 11.3 Å². The van der Waals surface area contributed by atoms with E-state index in [1.807, 2.05) is 24.3 Å². The first-order valence-corrected chi connectivity index (χ1v) is 11.9. The summed E-state index contributed by atoms with van der Waals surface area (Å²) < 4.78 is 1.08. The number of aliphatic hydroxyl groups is 5. The summed E-state index contributed by atoms with van der Waals surface area (Å²) in [5.41, 5.74) is 0. The molecule has 0 amide bonds. The predicted molar refractivity (Wildman–Crippen MR) is 120 cm³/mol. The molecular formula is C22H33BrO5S. The summed E-state index contributed by atoms with van der Waals surface area (Å²) in [6, 6.07) is 4.06. The second-order valence-electron chi connectivity index (χ2n) is 7.78. The number of allylic oxidation sites excluding steroid dienone is 2. The van der Waals surface area contributed by atoms with Crippen molar-refractivity contribution in [1.29, 1.82) is 0 Å². The quantitative estimate of drug-likeness (QED) is 0.229. The minimum atomic E-state index is -0.655. The van der Waals surface area contributed by atoms with Gasteiger partial charge < -0.3 is 25.5 Å². The summed E-state index contributed by atoms with van der Waals surface area (Å²) in [5.74, 6) is -0.239. The van der Waals surface area contributed by atoms with Gasteiger partial charge in [-0.1, -0.05) is 24.3 Å². The Morgan fingerprint density at radius 3 is 2.62 bits per heavy atom. The van der Waals surface area contributed by atoms with Gasteiger partial charge in [0.05, 0.1) is 34.8 Å². The maximum Gasteiger partial charge on any atom is 0.0771 e. The van der Waals surface area contributed by atoms with Crippen molar-refractivity contribution < 1.29 is 25.5 Å². The van der Waals surface area contributed by atoms with Crippen LogP contribution in [0.4, 0.5) is 0 Å². The number of thiophene rings is 1. The van der Waals surface area contributed by atoms with Gasteiger partial charge in [0.2, 0.25) is 0 Å². The van der Waals surface area contributed by atoms with Crippen molar-refractivity contribution in [3.8, 4) is 0 Å². The van der Waals surface area contributed by atoms with Crippen molar-refractivity contribution in [2.45, 2.75) is 69.4 Å². The predicted octanol–water partition coefficient (Wildman–Crippen LogP) is 3.19. The first-order chi connectivity index (χ1) is 13.9. The third-order valence-corrected chi connectivity index (χ3v) is 7.16. The SMILES string of the molecule is OCC(O)CCCC=CC[C@@H]1[C@@H](C=C[C@@H](O)CCc2ccc(Br)s2)[C@H](O)C[C@@H]1O. The van der Waals surface area contributed by atoms with Gasteiger partial charge in [0.1, 0.15) is 0 Å². The molecule has 0 saturated heterocycles. The molecule has 0 bridgehead atoms. The molecule has 1 aromatic heterocycles. The Bertz CT molecular complexity index is 647. The lowest BCUT2D eigenvalue weighted by atomic mass is 9.89. The van der Waals surface area contributed by atoms with Crippen molar-refractivity contribution in [2.75, 3.05) is 6.61 Å². The third-order valence-electron chi connectivity index (χ3n) is 5.48. The van der Waals surface area contributed by atoms with Crippen LogP contribution in [0.3, 0.4) is 0 Å². The van der Waals surface area contributed by atoms with Crippen LogP contribution in [0.1, 0.15) is 43.4 Å². The Hall–Kier alpha value is -0.540. The molecule has 0 radical (unpaired) electrons. The number of hydrogen-bond donors (Lipinski definition) is 5. The van der Waals surface area contributed by atoms with Gasteiger partial charge in [-0.3, -0.25) is 0 Å². The number of aliphatic hydroxyl groups excluding tert-OH is 5. The van der Waals surface area contributed by atoms with E-state index in [9.17, 15) is 20.4 Å². The van der Waals surface area contributed by atoms with Gasteiger partial charge in [-0.25, -0.2) is 0 Å². The van der Waals surface area contributed by atoms with E-state index in [4.69, 9.17) is 5.11 Å². The molecule has 2 rings (SSSR count). The number of unbranched alkanes of at least 4 members (excludes halogenated alkanes) is 1. The van der Waals surface area contributed by atoms with E-state index in [0.717, 1.165) is 23.0 Å². The van der Waals surface area contributed by atoms with E-state index in [1.165, 1.54) is 4.88 Å². The highest BCUT2D eigenvalue weighted by Crippen LogP contribution is 2.36. The third kappa shape index (κ3) is 8.61. The molecule has 0 aromatic carbocycles. The normalized spacial score (nSPS) is 27.2. The molecule has 1 unspecified atom stereocenters. The maximum absolute atomic E-state index is 10.3. The molecular weight excluding hydrogens is 456 g/mol. The fourth-order valence-electron chi connectivity index (χ4n) is 3.77. The Labute approximate surface area is 185 Å². The van der Waals surface area contributed by atoms with E-state index in [1.54, 1.807) is 17.4 Å². The fourth-order valence-corrected chi connectivity index (χ4v) is 5.27. The molecule has 164 valence electrons. The second kappa shape index (κ2) is 13.0. The summed E-state index contributed by atoms with van der Waals surface area (Å²) in [6.45, 7) is -0.208. The first-order valence-electron chi connectivity index (χ1n) is 10.3. The maximum atomic E-state index is 10.3. The zero-order valence-electron chi connectivity index (χ0n) is 16.6. The average Bonchev–Trinajstić information content (AvgIpc) is 3.23. The van der Waals surface area contributed by atoms with Crippen molar-refractivity contribution in [3.63, 3.8) is 0 Å². The zero-order chi connectivity index (χ0) is 21.2. The number of halogens is 1. The second-order valence-corrected chi connectivity index (χ2v) is 10.3. The molecule has 0 aliphatic heterocycles. The minimum absolute atomic E-state index is 0.0685. The van der Waals surface area contributed by atoms with Crippen molar-refractivity contribution >= 4 is 27.3 Å². The molecule has 1 aromatic rings. The number of aryl methyl sites for hydroxylation is 1. The first kappa shape index (κ1) is 24.7. The molecule has 1 fully saturated rings. The molecule has 1 aliphatic rings. The molecule has 29 heavy (non-hydrogen) atoms. The van der Waals surface area contributed by atoms with Crippen LogP contribution in [-0.4, -0.2) is 56.6 Å². The van der Waals surface area contributed by atoms with Gasteiger partial charge in [0.25, 0.3) is 0 Å². The van der Waals surface area contributed by atoms with Crippen LogP contribution >= 0.6 is 27.3 Å². The van der Waals surface area contributed by atoms with Crippen LogP contribution in [0, 0.1) is 11.8 Å². The highest BCUT2D eigenvalue weighted by atomic mass is 79.9. The topological polar surface area (TPSA) is 101 Å². The van der Waals surface area contributed by atoms with Crippen molar-refractivity contribution in [1.82, 2.24) is 0 Å². The summed E-state index contributed by atoms with van der Waals surface area (Å²) in [6.07, 6.45) is 9.89. The standard InChI is InChI=1S/C22H33BrO5S/c23-22-12-10-17(29-22)9-7-15(25)8-11-19-18(20(27)13-21(19)28)6-4-2-1-3-5-16(26)14-24/h2,4,8,10-12,15-16,18-21,24-28H,1,3,5-7,9,13-14H2/t15-,16?,18+,19+,20-,21+/m0/s1. The van der Waals surface area contributed by atoms with Crippen molar-refractivity contribution in [3.05, 3.63) is 45.1 Å². The highest BCUT2D eigenvalue weighted by Gasteiger charge is 2.39. The lowest BCUT2D eigenvalue weighted by Crippen LogP contribution is -2.20. The summed E-state index contributed by atoms with van der Waals surface area (Å²) in [5, 5.41) is 49.0. The smallest absolute Gasteiger partial charge is 0.0771 e. The van der Waals surface area contributed by atoms with Crippen LogP contribution < -0.4 is 0 Å². The zero-order valence-corrected chi connectivity index (χ0v) is 19.0. The lowest BCUT2D eigenvalue weighted by Gasteiger charge is -2.19. The van der Waals surface area contributed by atoms with E-state index in [2.05, 4.69) is 22.0 Å². The fraction of sp³-hybridized carbons (Fsp3) is 0.636. The largest absolute Gasteiger partial charge is 0.394 e. The van der Waals surface area contributed by atoms with E-state index in [0.29, 0.717) is 25.7 Å². The van der Waals surface area contributed by atoms with Crippen LogP contribution in [0.15, 0.2) is 40.2 Å². The van der Waals surface area contributed by atoms with Crippen LogP contribution in [0.2, 0.25) is 0 Å². The van der Waals surface area contributed by atoms with Crippen LogP contribution in [-0.2, 0) is 6.42 Å². The number of rotatable bonds is 12. The summed E-state index contributed by atoms with van der Waals surface area (Å²) in [4.78, 5) is 1.22. The van der Waals surface area contributed by atoms with E-state index in [-0.39, 0.29) is 18.4 Å². The molecule has 1 aliphatic carbocycles. The van der Waals surface area contributed by atoms with Gasteiger partial charge in [0, 0.05) is 17.2 Å².